The molecular formula is C14H20N2O. The van der Waals surface area contributed by atoms with Crippen LogP contribution in [0.3, 0.4) is 0 Å². The summed E-state index contributed by atoms with van der Waals surface area (Å²) in [6, 6.07) is 0.850. The Hall–Kier alpha value is -1.12. The largest absolute Gasteiger partial charge is 0.383 e. The normalized spacial score (nSPS) is 37.0. The number of nitrogens with zero attached hydrogens (tertiary/aromatic N) is 1. The van der Waals surface area contributed by atoms with Gasteiger partial charge in [-0.1, -0.05) is 19.8 Å². The zero-order valence-corrected chi connectivity index (χ0v) is 10.4. The lowest BCUT2D eigenvalue weighted by molar-refractivity contribution is -0.116. The molecule has 0 bridgehead atoms. The molecule has 17 heavy (non-hydrogen) atoms. The Bertz CT molecular complexity index is 397. The van der Waals surface area contributed by atoms with E-state index >= 15 is 0 Å². The van der Waals surface area contributed by atoms with Gasteiger partial charge in [0.25, 0.3) is 0 Å². The Labute approximate surface area is 102 Å². The summed E-state index contributed by atoms with van der Waals surface area (Å²) in [5.74, 6) is 0.746. The first kappa shape index (κ1) is 11.0. The summed E-state index contributed by atoms with van der Waals surface area (Å²) in [4.78, 5) is 16.6. The zero-order chi connectivity index (χ0) is 11.8. The van der Waals surface area contributed by atoms with Gasteiger partial charge in [0, 0.05) is 24.4 Å². The van der Waals surface area contributed by atoms with Gasteiger partial charge in [-0.3, -0.25) is 9.79 Å². The lowest BCUT2D eigenvalue weighted by atomic mass is 9.86. The lowest BCUT2D eigenvalue weighted by Crippen LogP contribution is -2.41. The number of rotatable bonds is 0. The Morgan fingerprint density at radius 2 is 2.12 bits per heavy atom. The van der Waals surface area contributed by atoms with Crippen LogP contribution < -0.4 is 5.32 Å². The van der Waals surface area contributed by atoms with E-state index in [0.29, 0.717) is 24.4 Å². The average molecular weight is 232 g/mol. The Kier molecular flexibility index (Phi) is 2.77. The minimum absolute atomic E-state index is 0.272. The number of fused-ring (bicyclic) bond motifs is 1. The van der Waals surface area contributed by atoms with E-state index in [1.165, 1.54) is 25.7 Å². The Morgan fingerprint density at radius 1 is 1.29 bits per heavy atom. The molecule has 1 aliphatic heterocycles. The van der Waals surface area contributed by atoms with Gasteiger partial charge in [0.15, 0.2) is 5.78 Å². The summed E-state index contributed by atoms with van der Waals surface area (Å²) in [6.45, 7) is 2.16. The van der Waals surface area contributed by atoms with Gasteiger partial charge in [-0.05, 0) is 25.2 Å². The van der Waals surface area contributed by atoms with Gasteiger partial charge in [-0.2, -0.15) is 0 Å². The minimum Gasteiger partial charge on any atom is -0.383 e. The van der Waals surface area contributed by atoms with Crippen LogP contribution in [0.25, 0.3) is 0 Å². The van der Waals surface area contributed by atoms with Crippen LogP contribution in [-0.2, 0) is 4.79 Å². The molecule has 1 fully saturated rings. The molecule has 0 saturated heterocycles. The van der Waals surface area contributed by atoms with E-state index in [2.05, 4.69) is 17.2 Å². The van der Waals surface area contributed by atoms with Crippen molar-refractivity contribution in [1.82, 2.24) is 5.32 Å². The van der Waals surface area contributed by atoms with Crippen LogP contribution >= 0.6 is 0 Å². The highest BCUT2D eigenvalue weighted by atomic mass is 16.1. The van der Waals surface area contributed by atoms with Crippen molar-refractivity contribution in [3.63, 3.8) is 0 Å². The van der Waals surface area contributed by atoms with E-state index in [1.807, 2.05) is 6.21 Å². The molecule has 92 valence electrons. The number of aliphatic imine (C=N–C) groups is 1. The summed E-state index contributed by atoms with van der Waals surface area (Å²) in [7, 11) is 0. The SMILES string of the molecule is C[C@@H]1CC(=O)C2=C(C1)N[C@@H]1CCCC[C@H]1N=C2. The molecular weight excluding hydrogens is 212 g/mol. The molecule has 3 aliphatic rings. The fourth-order valence-electron chi connectivity index (χ4n) is 3.26. The quantitative estimate of drug-likeness (QED) is 0.696. The molecule has 3 nitrogen and oxygen atoms in total. The van der Waals surface area contributed by atoms with Crippen LogP contribution in [0.15, 0.2) is 16.3 Å². The Morgan fingerprint density at radius 3 is 3.00 bits per heavy atom. The monoisotopic (exact) mass is 232 g/mol. The molecule has 3 atom stereocenters. The molecule has 1 N–H and O–H groups in total. The van der Waals surface area contributed by atoms with Gasteiger partial charge < -0.3 is 5.32 Å². The summed E-state index contributed by atoms with van der Waals surface area (Å²) in [6.07, 6.45) is 8.47. The maximum absolute atomic E-state index is 12.0. The molecule has 0 aromatic heterocycles. The van der Waals surface area contributed by atoms with Gasteiger partial charge in [-0.25, -0.2) is 0 Å². The van der Waals surface area contributed by atoms with Crippen molar-refractivity contribution in [3.05, 3.63) is 11.3 Å². The molecule has 1 saturated carbocycles. The highest BCUT2D eigenvalue weighted by molar-refractivity contribution is 6.14. The van der Waals surface area contributed by atoms with Gasteiger partial charge in [0.1, 0.15) is 0 Å². The first-order valence-corrected chi connectivity index (χ1v) is 6.80. The second-order valence-electron chi connectivity index (χ2n) is 5.71. The highest BCUT2D eigenvalue weighted by Crippen LogP contribution is 2.30. The maximum Gasteiger partial charge on any atom is 0.166 e. The molecule has 1 heterocycles. The van der Waals surface area contributed by atoms with E-state index in [4.69, 9.17) is 0 Å². The maximum atomic E-state index is 12.0. The Balaban J connectivity index is 1.90. The van der Waals surface area contributed by atoms with Gasteiger partial charge in [0.05, 0.1) is 11.6 Å². The lowest BCUT2D eigenvalue weighted by Gasteiger charge is -2.31. The first-order chi connectivity index (χ1) is 8.24. The summed E-state index contributed by atoms with van der Waals surface area (Å²) in [5, 5.41) is 3.61. The van der Waals surface area contributed by atoms with Crippen molar-refractivity contribution >= 4 is 12.0 Å². The molecule has 3 heteroatoms. The number of ketones is 1. The highest BCUT2D eigenvalue weighted by Gasteiger charge is 2.31. The fourth-order valence-corrected chi connectivity index (χ4v) is 3.26. The number of carbonyl (C=O) groups excluding carboxylic acids is 1. The topological polar surface area (TPSA) is 41.5 Å². The van der Waals surface area contributed by atoms with Crippen LogP contribution in [0.5, 0.6) is 0 Å². The summed E-state index contributed by atoms with van der Waals surface area (Å²) in [5.41, 5.74) is 2.02. The molecule has 0 aromatic rings. The number of carbonyl (C=O) groups is 1. The van der Waals surface area contributed by atoms with Crippen LogP contribution in [0, 0.1) is 5.92 Å². The molecule has 2 aliphatic carbocycles. The first-order valence-electron chi connectivity index (χ1n) is 6.80. The van der Waals surface area contributed by atoms with Crippen molar-refractivity contribution < 1.29 is 4.79 Å². The fraction of sp³-hybridized carbons (Fsp3) is 0.714. The second kappa shape index (κ2) is 4.28. The van der Waals surface area contributed by atoms with Crippen LogP contribution in [0.2, 0.25) is 0 Å². The van der Waals surface area contributed by atoms with E-state index in [1.54, 1.807) is 0 Å². The van der Waals surface area contributed by atoms with Gasteiger partial charge in [0.2, 0.25) is 0 Å². The van der Waals surface area contributed by atoms with Gasteiger partial charge >= 0.3 is 0 Å². The third kappa shape index (κ3) is 2.03. The number of hydrogen-bond acceptors (Lipinski definition) is 3. The van der Waals surface area contributed by atoms with Crippen molar-refractivity contribution in [1.29, 1.82) is 0 Å². The summed E-state index contributed by atoms with van der Waals surface area (Å²) >= 11 is 0. The number of Topliss-reactive ketones (excluding diaryl/α,β-unsaturated/α-hetero) is 1. The average Bonchev–Trinajstić information content (AvgIpc) is 2.47. The van der Waals surface area contributed by atoms with E-state index in [0.717, 1.165) is 17.7 Å². The standard InChI is InChI=1S/C14H20N2O/c1-9-6-13-10(14(17)7-9)8-15-11-4-2-3-5-12(11)16-13/h8-9,11-12,16H,2-7H2,1H3/t9-,11+,12+/m0/s1. The van der Waals surface area contributed by atoms with E-state index in [9.17, 15) is 4.79 Å². The number of nitrogens with one attached hydrogen (secondary N) is 1. The summed E-state index contributed by atoms with van der Waals surface area (Å²) < 4.78 is 0. The zero-order valence-electron chi connectivity index (χ0n) is 10.4. The molecule has 0 amide bonds. The van der Waals surface area contributed by atoms with Crippen LogP contribution in [0.1, 0.15) is 45.4 Å². The van der Waals surface area contributed by atoms with Crippen molar-refractivity contribution in [3.8, 4) is 0 Å². The van der Waals surface area contributed by atoms with Crippen LogP contribution in [-0.4, -0.2) is 24.1 Å². The predicted octanol–water partition coefficient (Wildman–Crippen LogP) is 2.22. The predicted molar refractivity (Wildman–Crippen MR) is 68.1 cm³/mol. The second-order valence-corrected chi connectivity index (χ2v) is 5.71. The molecule has 0 radical (unpaired) electrons. The molecule has 0 unspecified atom stereocenters. The molecule has 0 spiro atoms. The van der Waals surface area contributed by atoms with Gasteiger partial charge in [-0.15, -0.1) is 0 Å². The third-order valence-electron chi connectivity index (χ3n) is 4.20. The molecule has 0 aromatic carbocycles. The third-order valence-corrected chi connectivity index (χ3v) is 4.20. The molecule has 3 rings (SSSR count). The van der Waals surface area contributed by atoms with Crippen molar-refractivity contribution in [2.24, 2.45) is 10.9 Å². The number of allylic oxidation sites excluding steroid dienone is 2. The van der Waals surface area contributed by atoms with Crippen LogP contribution in [0.4, 0.5) is 0 Å². The van der Waals surface area contributed by atoms with Crippen molar-refractivity contribution in [2.45, 2.75) is 57.5 Å². The smallest absolute Gasteiger partial charge is 0.166 e. The number of hydrogen-bond donors (Lipinski definition) is 1. The van der Waals surface area contributed by atoms with E-state index in [-0.39, 0.29) is 5.78 Å². The van der Waals surface area contributed by atoms with E-state index < -0.39 is 0 Å². The van der Waals surface area contributed by atoms with Crippen molar-refractivity contribution in [2.75, 3.05) is 0 Å². The minimum atomic E-state index is 0.272.